The Morgan fingerprint density at radius 3 is 2.61 bits per heavy atom. The lowest BCUT2D eigenvalue weighted by Crippen LogP contribution is -2.25. The van der Waals surface area contributed by atoms with E-state index >= 15 is 0 Å². The molecule has 0 bridgehead atoms. The zero-order valence-corrected chi connectivity index (χ0v) is 11.0. The first kappa shape index (κ1) is 13.1. The van der Waals surface area contributed by atoms with Gasteiger partial charge in [0.25, 0.3) is 0 Å². The van der Waals surface area contributed by atoms with Gasteiger partial charge in [-0.2, -0.15) is 0 Å². The number of benzene rings is 1. The highest BCUT2D eigenvalue weighted by Crippen LogP contribution is 2.22. The van der Waals surface area contributed by atoms with Gasteiger partial charge in [-0.1, -0.05) is 30.3 Å². The maximum Gasteiger partial charge on any atom is 0.185 e. The molecule has 1 aromatic rings. The second-order valence-corrected chi connectivity index (χ2v) is 4.96. The Morgan fingerprint density at radius 2 is 2.06 bits per heavy atom. The average Bonchev–Trinajstić information content (AvgIpc) is 2.68. The topological polar surface area (TPSA) is 44.5 Å². The Bertz CT molecular complexity index is 428. The molecule has 4 heteroatoms. The normalized spacial score (nSPS) is 25.1. The molecule has 1 saturated heterocycles. The van der Waals surface area contributed by atoms with E-state index in [2.05, 4.69) is 0 Å². The molecule has 0 radical (unpaired) electrons. The highest BCUT2D eigenvalue weighted by Gasteiger charge is 2.33. The van der Waals surface area contributed by atoms with Crippen LogP contribution in [0.5, 0.6) is 0 Å². The molecule has 2 atom stereocenters. The zero-order valence-electron chi connectivity index (χ0n) is 11.0. The number of hydroxylamine groups is 1. The van der Waals surface area contributed by atoms with Crippen molar-refractivity contribution in [2.24, 2.45) is 0 Å². The quantitative estimate of drug-likeness (QED) is 0.358. The molecule has 0 aliphatic carbocycles. The lowest BCUT2D eigenvalue weighted by Gasteiger charge is -2.16. The van der Waals surface area contributed by atoms with E-state index < -0.39 is 5.79 Å². The van der Waals surface area contributed by atoms with Gasteiger partial charge in [-0.05, 0) is 13.8 Å². The SMILES string of the molecule is C[C@H](c1ccccc1)/[N+]([O-])=C/[C@H]1COC(C)(C)O1. The summed E-state index contributed by atoms with van der Waals surface area (Å²) in [4.78, 5) is 0. The van der Waals surface area contributed by atoms with Gasteiger partial charge in [0.15, 0.2) is 24.1 Å². The Morgan fingerprint density at radius 1 is 1.39 bits per heavy atom. The highest BCUT2D eigenvalue weighted by molar-refractivity contribution is 5.58. The fourth-order valence-corrected chi connectivity index (χ4v) is 1.96. The van der Waals surface area contributed by atoms with Gasteiger partial charge in [0, 0.05) is 12.5 Å². The van der Waals surface area contributed by atoms with Crippen LogP contribution < -0.4 is 0 Å². The molecule has 98 valence electrons. The number of nitrogens with zero attached hydrogens (tertiary/aromatic N) is 1. The molecule has 0 saturated carbocycles. The Kier molecular flexibility index (Phi) is 3.68. The lowest BCUT2D eigenvalue weighted by atomic mass is 10.1. The predicted molar refractivity (Wildman–Crippen MR) is 69.5 cm³/mol. The van der Waals surface area contributed by atoms with E-state index in [1.54, 1.807) is 6.21 Å². The first-order chi connectivity index (χ1) is 8.48. The van der Waals surface area contributed by atoms with Crippen molar-refractivity contribution in [2.45, 2.75) is 38.7 Å². The predicted octanol–water partition coefficient (Wildman–Crippen LogP) is 2.48. The molecule has 2 rings (SSSR count). The number of hydrogen-bond acceptors (Lipinski definition) is 3. The van der Waals surface area contributed by atoms with Gasteiger partial charge in [-0.25, -0.2) is 4.74 Å². The van der Waals surface area contributed by atoms with Gasteiger partial charge in [0.2, 0.25) is 0 Å². The summed E-state index contributed by atoms with van der Waals surface area (Å²) in [6.45, 7) is 5.99. The summed E-state index contributed by atoms with van der Waals surface area (Å²) in [5.41, 5.74) is 0.988. The van der Waals surface area contributed by atoms with Crippen molar-refractivity contribution < 1.29 is 14.2 Å². The first-order valence-corrected chi connectivity index (χ1v) is 6.15. The summed E-state index contributed by atoms with van der Waals surface area (Å²) in [5.74, 6) is -0.599. The first-order valence-electron chi connectivity index (χ1n) is 6.15. The van der Waals surface area contributed by atoms with E-state index in [0.29, 0.717) is 6.61 Å². The largest absolute Gasteiger partial charge is 0.624 e. The lowest BCUT2D eigenvalue weighted by molar-refractivity contribution is -0.501. The molecule has 1 fully saturated rings. The third-order valence-electron chi connectivity index (χ3n) is 3.01. The van der Waals surface area contributed by atoms with Crippen LogP contribution in [0.4, 0.5) is 0 Å². The van der Waals surface area contributed by atoms with Crippen molar-refractivity contribution in [2.75, 3.05) is 6.61 Å². The van der Waals surface area contributed by atoms with E-state index in [9.17, 15) is 5.21 Å². The van der Waals surface area contributed by atoms with Gasteiger partial charge in [-0.15, -0.1) is 0 Å². The van der Waals surface area contributed by atoms with Gasteiger partial charge >= 0.3 is 0 Å². The Hall–Kier alpha value is -1.39. The van der Waals surface area contributed by atoms with Crippen LogP contribution in [0.1, 0.15) is 32.4 Å². The maximum absolute atomic E-state index is 12.0. The van der Waals surface area contributed by atoms with Crippen LogP contribution >= 0.6 is 0 Å². The standard InChI is InChI=1S/C14H19NO3/c1-11(12-7-5-4-6-8-12)15(16)9-13-10-17-14(2,3)18-13/h4-9,11,13H,10H2,1-3H3/b15-9-/t11-,13+/m1/s1. The highest BCUT2D eigenvalue weighted by atomic mass is 16.7. The molecule has 4 nitrogen and oxygen atoms in total. The second-order valence-electron chi connectivity index (χ2n) is 4.96. The van der Waals surface area contributed by atoms with Gasteiger partial charge in [0.1, 0.15) is 0 Å². The fourth-order valence-electron chi connectivity index (χ4n) is 1.96. The number of hydrogen-bond donors (Lipinski definition) is 0. The zero-order chi connectivity index (χ0) is 13.2. The number of rotatable bonds is 3. The van der Waals surface area contributed by atoms with Crippen LogP contribution in [0.2, 0.25) is 0 Å². The molecule has 0 amide bonds. The van der Waals surface area contributed by atoms with E-state index in [0.717, 1.165) is 10.3 Å². The summed E-state index contributed by atoms with van der Waals surface area (Å²) in [6, 6.07) is 9.46. The molecule has 0 N–H and O–H groups in total. The van der Waals surface area contributed by atoms with Crippen LogP contribution in [-0.4, -0.2) is 29.5 Å². The maximum atomic E-state index is 12.0. The van der Waals surface area contributed by atoms with E-state index in [4.69, 9.17) is 9.47 Å². The second kappa shape index (κ2) is 5.08. The molecule has 0 unspecified atom stereocenters. The monoisotopic (exact) mass is 249 g/mol. The molecule has 0 spiro atoms. The Labute approximate surface area is 107 Å². The van der Waals surface area contributed by atoms with Crippen molar-refractivity contribution in [1.82, 2.24) is 0 Å². The molecule has 1 aliphatic heterocycles. The summed E-state index contributed by atoms with van der Waals surface area (Å²) >= 11 is 0. The average molecular weight is 249 g/mol. The minimum absolute atomic E-state index is 0.224. The molecular formula is C14H19NO3. The van der Waals surface area contributed by atoms with Crippen molar-refractivity contribution in [3.8, 4) is 0 Å². The summed E-state index contributed by atoms with van der Waals surface area (Å²) in [7, 11) is 0. The summed E-state index contributed by atoms with van der Waals surface area (Å²) in [6.07, 6.45) is 1.27. The van der Waals surface area contributed by atoms with Crippen molar-refractivity contribution in [3.05, 3.63) is 41.1 Å². The molecular weight excluding hydrogens is 230 g/mol. The third-order valence-corrected chi connectivity index (χ3v) is 3.01. The third kappa shape index (κ3) is 3.09. The van der Waals surface area contributed by atoms with Crippen LogP contribution in [-0.2, 0) is 9.47 Å². The molecule has 18 heavy (non-hydrogen) atoms. The molecule has 1 aliphatic rings. The van der Waals surface area contributed by atoms with E-state index in [-0.39, 0.29) is 12.1 Å². The van der Waals surface area contributed by atoms with Gasteiger partial charge in [-0.3, -0.25) is 0 Å². The van der Waals surface area contributed by atoms with Crippen molar-refractivity contribution >= 4 is 6.21 Å². The molecule has 0 aromatic heterocycles. The van der Waals surface area contributed by atoms with Crippen LogP contribution in [0.25, 0.3) is 0 Å². The van der Waals surface area contributed by atoms with Crippen molar-refractivity contribution in [3.63, 3.8) is 0 Å². The molecule has 1 heterocycles. The Balaban J connectivity index is 2.05. The summed E-state index contributed by atoms with van der Waals surface area (Å²) < 4.78 is 11.9. The van der Waals surface area contributed by atoms with Gasteiger partial charge in [0.05, 0.1) is 6.61 Å². The van der Waals surface area contributed by atoms with E-state index in [1.165, 1.54) is 0 Å². The minimum atomic E-state index is -0.599. The van der Waals surface area contributed by atoms with Crippen LogP contribution in [0.3, 0.4) is 0 Å². The van der Waals surface area contributed by atoms with Gasteiger partial charge < -0.3 is 14.7 Å². The number of ether oxygens (including phenoxy) is 2. The smallest absolute Gasteiger partial charge is 0.185 e. The van der Waals surface area contributed by atoms with Crippen LogP contribution in [0, 0.1) is 5.21 Å². The van der Waals surface area contributed by atoms with Crippen molar-refractivity contribution in [1.29, 1.82) is 0 Å². The van der Waals surface area contributed by atoms with Crippen LogP contribution in [0.15, 0.2) is 30.3 Å². The molecule has 1 aromatic carbocycles. The minimum Gasteiger partial charge on any atom is -0.624 e. The van der Waals surface area contributed by atoms with E-state index in [1.807, 2.05) is 51.1 Å². The fraction of sp³-hybridized carbons (Fsp3) is 0.500. The summed E-state index contributed by atoms with van der Waals surface area (Å²) in [5, 5.41) is 12.0.